The van der Waals surface area contributed by atoms with E-state index in [4.69, 9.17) is 0 Å². The van der Waals surface area contributed by atoms with Gasteiger partial charge < -0.3 is 15.3 Å². The van der Waals surface area contributed by atoms with Crippen molar-refractivity contribution in [3.05, 3.63) is 0 Å². The molecule has 2 N–H and O–H groups in total. The predicted octanol–water partition coefficient (Wildman–Crippen LogP) is 1.72. The van der Waals surface area contributed by atoms with Gasteiger partial charge in [0.05, 0.1) is 0 Å². The lowest BCUT2D eigenvalue weighted by Gasteiger charge is -2.30. The Morgan fingerprint density at radius 3 is 2.47 bits per heavy atom. The minimum absolute atomic E-state index is 0.100. The van der Waals surface area contributed by atoms with E-state index < -0.39 is 0 Å². The van der Waals surface area contributed by atoms with E-state index in [-0.39, 0.29) is 5.41 Å². The van der Waals surface area contributed by atoms with Crippen molar-refractivity contribution < 1.29 is 5.11 Å². The molecular weight excluding hydrogens is 212 g/mol. The van der Waals surface area contributed by atoms with Crippen molar-refractivity contribution in [1.29, 1.82) is 0 Å². The Labute approximate surface area is 107 Å². The highest BCUT2D eigenvalue weighted by Gasteiger charge is 2.26. The fraction of sp³-hybridized carbons (Fsp3) is 1.00. The first kappa shape index (κ1) is 14.9. The lowest BCUT2D eigenvalue weighted by molar-refractivity contribution is 0.112. The van der Waals surface area contributed by atoms with Gasteiger partial charge in [-0.3, -0.25) is 0 Å². The molecule has 1 saturated heterocycles. The zero-order valence-electron chi connectivity index (χ0n) is 11.8. The maximum Gasteiger partial charge on any atom is 0.0499 e. The fourth-order valence-corrected chi connectivity index (χ4v) is 2.69. The minimum Gasteiger partial charge on any atom is -0.396 e. The van der Waals surface area contributed by atoms with Crippen LogP contribution in [0.4, 0.5) is 0 Å². The van der Waals surface area contributed by atoms with E-state index >= 15 is 0 Å². The molecule has 1 fully saturated rings. The van der Waals surface area contributed by atoms with Gasteiger partial charge in [0.15, 0.2) is 0 Å². The van der Waals surface area contributed by atoms with E-state index in [2.05, 4.69) is 31.0 Å². The summed E-state index contributed by atoms with van der Waals surface area (Å²) in [5, 5.41) is 13.1. The molecule has 0 amide bonds. The summed E-state index contributed by atoms with van der Waals surface area (Å²) >= 11 is 0. The summed E-state index contributed by atoms with van der Waals surface area (Å²) in [6, 6.07) is 0. The second-order valence-electron chi connectivity index (χ2n) is 5.54. The van der Waals surface area contributed by atoms with E-state index in [9.17, 15) is 5.11 Å². The highest BCUT2D eigenvalue weighted by molar-refractivity contribution is 4.81. The molecular formula is C14H30N2O. The molecule has 0 radical (unpaired) electrons. The van der Waals surface area contributed by atoms with E-state index in [1.807, 2.05) is 0 Å². The van der Waals surface area contributed by atoms with Gasteiger partial charge in [-0.25, -0.2) is 0 Å². The van der Waals surface area contributed by atoms with Crippen LogP contribution in [0, 0.1) is 11.3 Å². The molecule has 1 atom stereocenters. The summed E-state index contributed by atoms with van der Waals surface area (Å²) in [6.45, 7) is 12.6. The Balaban J connectivity index is 2.23. The van der Waals surface area contributed by atoms with Crippen LogP contribution in [-0.2, 0) is 0 Å². The molecule has 1 heterocycles. The van der Waals surface area contributed by atoms with Crippen LogP contribution in [-0.4, -0.2) is 49.3 Å². The first-order valence-electron chi connectivity index (χ1n) is 7.23. The Kier molecular flexibility index (Phi) is 6.45. The molecule has 3 nitrogen and oxygen atoms in total. The third kappa shape index (κ3) is 4.23. The summed E-state index contributed by atoms with van der Waals surface area (Å²) in [7, 11) is 0. The summed E-state index contributed by atoms with van der Waals surface area (Å²) in [5.74, 6) is 0.806. The van der Waals surface area contributed by atoms with Crippen LogP contribution in [0.5, 0.6) is 0 Å². The van der Waals surface area contributed by atoms with Crippen molar-refractivity contribution >= 4 is 0 Å². The van der Waals surface area contributed by atoms with Gasteiger partial charge in [-0.1, -0.05) is 20.8 Å². The molecule has 0 bridgehead atoms. The van der Waals surface area contributed by atoms with Crippen LogP contribution >= 0.6 is 0 Å². The van der Waals surface area contributed by atoms with Gasteiger partial charge in [-0.2, -0.15) is 0 Å². The third-order valence-electron chi connectivity index (χ3n) is 4.59. The monoisotopic (exact) mass is 242 g/mol. The predicted molar refractivity (Wildman–Crippen MR) is 73.2 cm³/mol. The number of aliphatic hydroxyl groups excluding tert-OH is 1. The van der Waals surface area contributed by atoms with Crippen LogP contribution in [0.15, 0.2) is 0 Å². The molecule has 3 heteroatoms. The molecule has 0 aromatic carbocycles. The second-order valence-corrected chi connectivity index (χ2v) is 5.54. The molecule has 1 aliphatic heterocycles. The molecule has 0 spiro atoms. The molecule has 17 heavy (non-hydrogen) atoms. The Morgan fingerprint density at radius 1 is 1.29 bits per heavy atom. The molecule has 0 aliphatic carbocycles. The Hall–Kier alpha value is -0.120. The van der Waals surface area contributed by atoms with Crippen molar-refractivity contribution in [3.8, 4) is 0 Å². The standard InChI is InChI=1S/C14H30N2O/c1-4-14(5-2,12-17)11-15-9-13-7-8-16(6-3)10-13/h13,15,17H,4-12H2,1-3H3. The van der Waals surface area contributed by atoms with Gasteiger partial charge >= 0.3 is 0 Å². The van der Waals surface area contributed by atoms with Gasteiger partial charge in [0.25, 0.3) is 0 Å². The smallest absolute Gasteiger partial charge is 0.0499 e. The number of hydrogen-bond acceptors (Lipinski definition) is 3. The van der Waals surface area contributed by atoms with Crippen LogP contribution in [0.3, 0.4) is 0 Å². The fourth-order valence-electron chi connectivity index (χ4n) is 2.69. The summed E-state index contributed by atoms with van der Waals surface area (Å²) in [5.41, 5.74) is 0.100. The molecule has 0 saturated carbocycles. The van der Waals surface area contributed by atoms with Gasteiger partial charge in [-0.15, -0.1) is 0 Å². The normalized spacial score (nSPS) is 22.2. The second kappa shape index (κ2) is 7.34. The number of likely N-dealkylation sites (tertiary alicyclic amines) is 1. The topological polar surface area (TPSA) is 35.5 Å². The van der Waals surface area contributed by atoms with Crippen molar-refractivity contribution in [2.45, 2.75) is 40.0 Å². The van der Waals surface area contributed by atoms with Gasteiger partial charge in [0, 0.05) is 25.1 Å². The van der Waals surface area contributed by atoms with Gasteiger partial charge in [-0.05, 0) is 44.8 Å². The van der Waals surface area contributed by atoms with Gasteiger partial charge in [0.2, 0.25) is 0 Å². The first-order valence-corrected chi connectivity index (χ1v) is 7.23. The van der Waals surface area contributed by atoms with Crippen LogP contribution in [0.2, 0.25) is 0 Å². The van der Waals surface area contributed by atoms with Gasteiger partial charge in [0.1, 0.15) is 0 Å². The molecule has 1 rings (SSSR count). The number of rotatable bonds is 8. The average molecular weight is 242 g/mol. The summed E-state index contributed by atoms with van der Waals surface area (Å²) in [4.78, 5) is 2.52. The van der Waals surface area contributed by atoms with E-state index in [1.165, 1.54) is 26.1 Å². The van der Waals surface area contributed by atoms with Crippen LogP contribution in [0.1, 0.15) is 40.0 Å². The quantitative estimate of drug-likeness (QED) is 0.680. The van der Waals surface area contributed by atoms with Crippen molar-refractivity contribution in [3.63, 3.8) is 0 Å². The largest absolute Gasteiger partial charge is 0.396 e. The van der Waals surface area contributed by atoms with Crippen LogP contribution < -0.4 is 5.32 Å². The summed E-state index contributed by atoms with van der Waals surface area (Å²) < 4.78 is 0. The third-order valence-corrected chi connectivity index (χ3v) is 4.59. The number of nitrogens with one attached hydrogen (secondary N) is 1. The van der Waals surface area contributed by atoms with Crippen molar-refractivity contribution in [2.75, 3.05) is 39.3 Å². The lowest BCUT2D eigenvalue weighted by Crippen LogP contribution is -2.38. The Bertz CT molecular complexity index is 196. The lowest BCUT2D eigenvalue weighted by atomic mass is 9.83. The SMILES string of the molecule is CCN1CCC(CNCC(CC)(CC)CO)C1. The summed E-state index contributed by atoms with van der Waals surface area (Å²) in [6.07, 6.45) is 3.43. The zero-order chi connectivity index (χ0) is 12.7. The maximum absolute atomic E-state index is 9.50. The molecule has 1 unspecified atom stereocenters. The maximum atomic E-state index is 9.50. The average Bonchev–Trinajstić information content (AvgIpc) is 2.83. The number of aliphatic hydroxyl groups is 1. The number of nitrogens with zero attached hydrogens (tertiary/aromatic N) is 1. The minimum atomic E-state index is 0.100. The highest BCUT2D eigenvalue weighted by Crippen LogP contribution is 2.24. The zero-order valence-corrected chi connectivity index (χ0v) is 11.8. The highest BCUT2D eigenvalue weighted by atomic mass is 16.3. The first-order chi connectivity index (χ1) is 8.19. The Morgan fingerprint density at radius 2 is 2.00 bits per heavy atom. The molecule has 1 aliphatic rings. The van der Waals surface area contributed by atoms with Crippen LogP contribution in [0.25, 0.3) is 0 Å². The molecule has 0 aromatic heterocycles. The van der Waals surface area contributed by atoms with E-state index in [0.29, 0.717) is 6.61 Å². The molecule has 0 aromatic rings. The van der Waals surface area contributed by atoms with Crippen molar-refractivity contribution in [1.82, 2.24) is 10.2 Å². The van der Waals surface area contributed by atoms with E-state index in [0.717, 1.165) is 31.8 Å². The van der Waals surface area contributed by atoms with E-state index in [1.54, 1.807) is 0 Å². The van der Waals surface area contributed by atoms with Crippen molar-refractivity contribution in [2.24, 2.45) is 11.3 Å². The number of hydrogen-bond donors (Lipinski definition) is 2. The molecule has 102 valence electrons.